The largest absolute Gasteiger partial charge is 0.497 e. The standard InChI is InChI=1S/C14H21N3O4S/c1-20-9-4-5-10(12(8-9)21-2)13(18)16-11(6-7-22-3)14(19)17-15/h4-5,8,11H,6-7,15H2,1-3H3,(H,16,18)(H,17,19)/t11-/m0/s1. The Morgan fingerprint density at radius 1 is 1.32 bits per heavy atom. The predicted octanol–water partition coefficient (Wildman–Crippen LogP) is 0.545. The molecule has 1 aromatic rings. The number of methoxy groups -OCH3 is 2. The van der Waals surface area contributed by atoms with Crippen molar-refractivity contribution >= 4 is 23.6 Å². The number of hydrogen-bond acceptors (Lipinski definition) is 6. The number of thioether (sulfide) groups is 1. The van der Waals surface area contributed by atoms with Gasteiger partial charge in [0.15, 0.2) is 0 Å². The van der Waals surface area contributed by atoms with E-state index in [4.69, 9.17) is 15.3 Å². The van der Waals surface area contributed by atoms with Crippen LogP contribution >= 0.6 is 11.8 Å². The highest BCUT2D eigenvalue weighted by atomic mass is 32.2. The van der Waals surface area contributed by atoms with E-state index in [2.05, 4.69) is 10.7 Å². The van der Waals surface area contributed by atoms with E-state index in [1.165, 1.54) is 14.2 Å². The van der Waals surface area contributed by atoms with E-state index in [9.17, 15) is 9.59 Å². The summed E-state index contributed by atoms with van der Waals surface area (Å²) in [5.41, 5.74) is 2.39. The molecule has 0 heterocycles. The number of amides is 2. The van der Waals surface area contributed by atoms with Crippen LogP contribution in [0.3, 0.4) is 0 Å². The van der Waals surface area contributed by atoms with E-state index >= 15 is 0 Å². The van der Waals surface area contributed by atoms with Crippen molar-refractivity contribution in [3.05, 3.63) is 23.8 Å². The number of hydrazine groups is 1. The van der Waals surface area contributed by atoms with Gasteiger partial charge in [-0.2, -0.15) is 11.8 Å². The molecule has 1 aromatic carbocycles. The topological polar surface area (TPSA) is 103 Å². The number of carbonyl (C=O) groups excluding carboxylic acids is 2. The molecule has 0 aliphatic heterocycles. The summed E-state index contributed by atoms with van der Waals surface area (Å²) >= 11 is 1.58. The summed E-state index contributed by atoms with van der Waals surface area (Å²) in [6.45, 7) is 0. The Hall–Kier alpha value is -1.93. The fourth-order valence-corrected chi connectivity index (χ4v) is 2.30. The van der Waals surface area contributed by atoms with Crippen LogP contribution in [0.5, 0.6) is 11.5 Å². The van der Waals surface area contributed by atoms with Gasteiger partial charge in [0.25, 0.3) is 11.8 Å². The molecule has 0 saturated heterocycles. The fraction of sp³-hybridized carbons (Fsp3) is 0.429. The van der Waals surface area contributed by atoms with E-state index in [0.717, 1.165) is 5.75 Å². The highest BCUT2D eigenvalue weighted by Crippen LogP contribution is 2.24. The van der Waals surface area contributed by atoms with E-state index in [1.807, 2.05) is 6.26 Å². The number of ether oxygens (including phenoxy) is 2. The highest BCUT2D eigenvalue weighted by Gasteiger charge is 2.22. The molecule has 0 aromatic heterocycles. The summed E-state index contributed by atoms with van der Waals surface area (Å²) < 4.78 is 10.3. The van der Waals surface area contributed by atoms with Gasteiger partial charge >= 0.3 is 0 Å². The van der Waals surface area contributed by atoms with Crippen LogP contribution in [-0.2, 0) is 4.79 Å². The van der Waals surface area contributed by atoms with Crippen LogP contribution < -0.4 is 26.1 Å². The van der Waals surface area contributed by atoms with E-state index < -0.39 is 17.9 Å². The lowest BCUT2D eigenvalue weighted by molar-refractivity contribution is -0.123. The Balaban J connectivity index is 2.91. The number of nitrogens with two attached hydrogens (primary N) is 1. The Morgan fingerprint density at radius 2 is 2.05 bits per heavy atom. The molecule has 1 rings (SSSR count). The molecule has 0 radical (unpaired) electrons. The molecule has 0 spiro atoms. The summed E-state index contributed by atoms with van der Waals surface area (Å²) in [7, 11) is 2.99. The van der Waals surface area contributed by atoms with Crippen molar-refractivity contribution in [3.63, 3.8) is 0 Å². The van der Waals surface area contributed by atoms with Crippen molar-refractivity contribution in [2.24, 2.45) is 5.84 Å². The molecule has 0 saturated carbocycles. The monoisotopic (exact) mass is 327 g/mol. The third-order valence-corrected chi connectivity index (χ3v) is 3.67. The first-order valence-electron chi connectivity index (χ1n) is 6.59. The van der Waals surface area contributed by atoms with Crippen molar-refractivity contribution in [2.75, 3.05) is 26.2 Å². The molecule has 0 unspecified atom stereocenters. The summed E-state index contributed by atoms with van der Waals surface area (Å²) in [6, 6.07) is 4.14. The van der Waals surface area contributed by atoms with Crippen molar-refractivity contribution in [2.45, 2.75) is 12.5 Å². The average Bonchev–Trinajstić information content (AvgIpc) is 2.56. The number of hydrogen-bond donors (Lipinski definition) is 3. The molecular weight excluding hydrogens is 306 g/mol. The number of benzene rings is 1. The van der Waals surface area contributed by atoms with Crippen LogP contribution in [0.15, 0.2) is 18.2 Å². The molecule has 0 aliphatic carbocycles. The predicted molar refractivity (Wildman–Crippen MR) is 86.1 cm³/mol. The summed E-state index contributed by atoms with van der Waals surface area (Å²) in [6.07, 6.45) is 2.40. The number of nitrogens with one attached hydrogen (secondary N) is 2. The van der Waals surface area contributed by atoms with Gasteiger partial charge in [0, 0.05) is 6.07 Å². The Labute approximate surface area is 133 Å². The lowest BCUT2D eigenvalue weighted by atomic mass is 10.1. The van der Waals surface area contributed by atoms with Crippen molar-refractivity contribution in [1.29, 1.82) is 0 Å². The van der Waals surface area contributed by atoms with Gasteiger partial charge in [0.2, 0.25) is 0 Å². The van der Waals surface area contributed by atoms with Crippen LogP contribution in [0.4, 0.5) is 0 Å². The zero-order valence-corrected chi connectivity index (χ0v) is 13.7. The molecule has 2 amide bonds. The van der Waals surface area contributed by atoms with E-state index in [0.29, 0.717) is 23.5 Å². The van der Waals surface area contributed by atoms with Gasteiger partial charge in [-0.25, -0.2) is 5.84 Å². The van der Waals surface area contributed by atoms with Crippen molar-refractivity contribution < 1.29 is 19.1 Å². The third-order valence-electron chi connectivity index (χ3n) is 3.03. The molecule has 1 atom stereocenters. The minimum absolute atomic E-state index is 0.322. The molecular formula is C14H21N3O4S. The summed E-state index contributed by atoms with van der Waals surface area (Å²) in [4.78, 5) is 24.1. The molecule has 0 fully saturated rings. The second kappa shape index (κ2) is 9.16. The lowest BCUT2D eigenvalue weighted by Gasteiger charge is -2.18. The maximum absolute atomic E-state index is 12.4. The van der Waals surface area contributed by atoms with Crippen LogP contribution in [0.25, 0.3) is 0 Å². The minimum atomic E-state index is -0.697. The smallest absolute Gasteiger partial charge is 0.256 e. The van der Waals surface area contributed by atoms with Gasteiger partial charge in [-0.3, -0.25) is 15.0 Å². The molecule has 4 N–H and O–H groups in total. The Morgan fingerprint density at radius 3 is 2.59 bits per heavy atom. The van der Waals surface area contributed by atoms with Crippen molar-refractivity contribution in [3.8, 4) is 11.5 Å². The fourth-order valence-electron chi connectivity index (χ4n) is 1.83. The van der Waals surface area contributed by atoms with E-state index in [-0.39, 0.29) is 0 Å². The lowest BCUT2D eigenvalue weighted by Crippen LogP contribution is -2.49. The maximum atomic E-state index is 12.4. The van der Waals surface area contributed by atoms with Crippen LogP contribution in [0.1, 0.15) is 16.8 Å². The van der Waals surface area contributed by atoms with Gasteiger partial charge in [-0.05, 0) is 30.6 Å². The molecule has 7 nitrogen and oxygen atoms in total. The molecule has 8 heteroatoms. The maximum Gasteiger partial charge on any atom is 0.256 e. The van der Waals surface area contributed by atoms with Gasteiger partial charge < -0.3 is 14.8 Å². The number of carbonyl (C=O) groups is 2. The zero-order chi connectivity index (χ0) is 16.5. The molecule has 22 heavy (non-hydrogen) atoms. The molecule has 0 aliphatic rings. The second-order valence-electron chi connectivity index (χ2n) is 4.38. The molecule has 122 valence electrons. The first-order valence-corrected chi connectivity index (χ1v) is 7.99. The van der Waals surface area contributed by atoms with Gasteiger partial charge in [-0.15, -0.1) is 0 Å². The van der Waals surface area contributed by atoms with E-state index in [1.54, 1.807) is 30.0 Å². The normalized spacial score (nSPS) is 11.5. The van der Waals surface area contributed by atoms with Crippen molar-refractivity contribution in [1.82, 2.24) is 10.7 Å². The second-order valence-corrected chi connectivity index (χ2v) is 5.37. The Bertz CT molecular complexity index is 525. The minimum Gasteiger partial charge on any atom is -0.497 e. The van der Waals surface area contributed by atoms with Gasteiger partial charge in [0.1, 0.15) is 17.5 Å². The SMILES string of the molecule is COc1ccc(C(=O)N[C@@H](CCSC)C(=O)NN)c(OC)c1. The first-order chi connectivity index (χ1) is 10.6. The quantitative estimate of drug-likeness (QED) is 0.366. The summed E-state index contributed by atoms with van der Waals surface area (Å²) in [5.74, 6) is 5.98. The zero-order valence-electron chi connectivity index (χ0n) is 12.8. The van der Waals surface area contributed by atoms with Crippen LogP contribution in [0, 0.1) is 0 Å². The molecule has 0 bridgehead atoms. The number of rotatable bonds is 8. The highest BCUT2D eigenvalue weighted by molar-refractivity contribution is 7.98. The van der Waals surface area contributed by atoms with Crippen LogP contribution in [-0.4, -0.2) is 44.1 Å². The van der Waals surface area contributed by atoms with Gasteiger partial charge in [-0.1, -0.05) is 0 Å². The Kier molecular flexibility index (Phi) is 7.55. The third kappa shape index (κ3) is 4.81. The summed E-state index contributed by atoms with van der Waals surface area (Å²) in [5, 5.41) is 2.67. The first kappa shape index (κ1) is 18.1. The average molecular weight is 327 g/mol. The van der Waals surface area contributed by atoms with Crippen LogP contribution in [0.2, 0.25) is 0 Å². The van der Waals surface area contributed by atoms with Gasteiger partial charge in [0.05, 0.1) is 19.8 Å².